The first-order valence-corrected chi connectivity index (χ1v) is 6.12. The van der Waals surface area contributed by atoms with Crippen LogP contribution < -0.4 is 0 Å². The Morgan fingerprint density at radius 2 is 2.00 bits per heavy atom. The Balaban J connectivity index is 2.11. The lowest BCUT2D eigenvalue weighted by molar-refractivity contribution is 0.0954. The number of para-hydroxylation sites is 1. The van der Waals surface area contributed by atoms with Crippen molar-refractivity contribution in [2.75, 3.05) is 0 Å². The smallest absolute Gasteiger partial charge is 0.168 e. The average molecular weight is 227 g/mol. The second kappa shape index (κ2) is 3.22. The maximum Gasteiger partial charge on any atom is 0.168 e. The number of ketones is 1. The zero-order valence-corrected chi connectivity index (χ0v) is 10.5. The Labute approximate surface area is 101 Å². The Bertz CT molecular complexity index is 606. The van der Waals surface area contributed by atoms with Gasteiger partial charge in [-0.1, -0.05) is 32.0 Å². The van der Waals surface area contributed by atoms with E-state index in [9.17, 15) is 4.79 Å². The largest absolute Gasteiger partial charge is 0.358 e. The predicted octanol–water partition coefficient (Wildman–Crippen LogP) is 3.71. The summed E-state index contributed by atoms with van der Waals surface area (Å²) in [5.74, 6) is 0.519. The highest BCUT2D eigenvalue weighted by molar-refractivity contribution is 6.11. The van der Waals surface area contributed by atoms with E-state index < -0.39 is 0 Å². The van der Waals surface area contributed by atoms with E-state index in [1.165, 1.54) is 0 Å². The van der Waals surface area contributed by atoms with Crippen molar-refractivity contribution < 1.29 is 4.79 Å². The van der Waals surface area contributed by atoms with Gasteiger partial charge in [0.2, 0.25) is 0 Å². The number of aryl methyl sites for hydroxylation is 1. The first-order chi connectivity index (χ1) is 8.00. The molecular weight excluding hydrogens is 210 g/mol. The topological polar surface area (TPSA) is 32.9 Å². The first-order valence-electron chi connectivity index (χ1n) is 6.12. The van der Waals surface area contributed by atoms with Crippen molar-refractivity contribution in [2.24, 2.45) is 11.3 Å². The van der Waals surface area contributed by atoms with Crippen molar-refractivity contribution in [3.63, 3.8) is 0 Å². The van der Waals surface area contributed by atoms with Gasteiger partial charge in [-0.3, -0.25) is 4.79 Å². The molecule has 1 aliphatic rings. The maximum atomic E-state index is 12.5. The van der Waals surface area contributed by atoms with Gasteiger partial charge in [0, 0.05) is 28.1 Å². The molecule has 1 heterocycles. The fourth-order valence-electron chi connectivity index (χ4n) is 2.68. The van der Waals surface area contributed by atoms with E-state index >= 15 is 0 Å². The average Bonchev–Trinajstić information content (AvgIpc) is 2.78. The van der Waals surface area contributed by atoms with Crippen LogP contribution in [0.15, 0.2) is 24.3 Å². The second-order valence-electron chi connectivity index (χ2n) is 5.78. The number of fused-ring (bicyclic) bond motifs is 1. The Hall–Kier alpha value is -1.57. The SMILES string of the molecule is Cc1[nH]c2ccccc2c1C(=O)C1CC1(C)C. The monoisotopic (exact) mass is 227 g/mol. The fraction of sp³-hybridized carbons (Fsp3) is 0.400. The van der Waals surface area contributed by atoms with Crippen LogP contribution in [0.25, 0.3) is 10.9 Å². The third kappa shape index (κ3) is 1.51. The van der Waals surface area contributed by atoms with Gasteiger partial charge >= 0.3 is 0 Å². The minimum Gasteiger partial charge on any atom is -0.358 e. The molecule has 0 radical (unpaired) electrons. The van der Waals surface area contributed by atoms with Gasteiger partial charge in [0.1, 0.15) is 0 Å². The molecule has 0 bridgehead atoms. The Morgan fingerprint density at radius 1 is 1.35 bits per heavy atom. The van der Waals surface area contributed by atoms with Crippen LogP contribution in [-0.2, 0) is 0 Å². The number of benzene rings is 1. The molecule has 0 spiro atoms. The van der Waals surface area contributed by atoms with Crippen LogP contribution in [0.5, 0.6) is 0 Å². The van der Waals surface area contributed by atoms with E-state index in [0.29, 0.717) is 5.78 Å². The van der Waals surface area contributed by atoms with Gasteiger partial charge in [0.05, 0.1) is 0 Å². The number of carbonyl (C=O) groups is 1. The number of aromatic amines is 1. The number of rotatable bonds is 2. The lowest BCUT2D eigenvalue weighted by atomic mass is 9.99. The van der Waals surface area contributed by atoms with Crippen LogP contribution in [-0.4, -0.2) is 10.8 Å². The minimum atomic E-state index is 0.196. The lowest BCUT2D eigenvalue weighted by Gasteiger charge is -2.03. The highest BCUT2D eigenvalue weighted by Crippen LogP contribution is 2.53. The van der Waals surface area contributed by atoms with Gasteiger partial charge in [-0.2, -0.15) is 0 Å². The van der Waals surface area contributed by atoms with Gasteiger partial charge in [0.25, 0.3) is 0 Å². The van der Waals surface area contributed by atoms with Crippen LogP contribution in [0, 0.1) is 18.3 Å². The molecule has 3 rings (SSSR count). The lowest BCUT2D eigenvalue weighted by Crippen LogP contribution is -2.07. The number of hydrogen-bond acceptors (Lipinski definition) is 1. The van der Waals surface area contributed by atoms with E-state index in [0.717, 1.165) is 28.6 Å². The maximum absolute atomic E-state index is 12.5. The van der Waals surface area contributed by atoms with Gasteiger partial charge in [-0.25, -0.2) is 0 Å². The zero-order valence-electron chi connectivity index (χ0n) is 10.5. The molecule has 0 saturated heterocycles. The van der Waals surface area contributed by atoms with Crippen LogP contribution in [0.1, 0.15) is 36.3 Å². The molecule has 1 fully saturated rings. The highest BCUT2D eigenvalue weighted by Gasteiger charge is 2.51. The number of H-pyrrole nitrogens is 1. The van der Waals surface area contributed by atoms with Gasteiger partial charge in [-0.15, -0.1) is 0 Å². The van der Waals surface area contributed by atoms with E-state index in [1.54, 1.807) is 0 Å². The highest BCUT2D eigenvalue weighted by atomic mass is 16.1. The molecule has 1 aromatic heterocycles. The molecule has 0 aliphatic heterocycles. The molecule has 17 heavy (non-hydrogen) atoms. The molecule has 1 aliphatic carbocycles. The molecule has 0 amide bonds. The molecule has 1 N–H and O–H groups in total. The van der Waals surface area contributed by atoms with Crippen molar-refractivity contribution in [1.29, 1.82) is 0 Å². The fourth-order valence-corrected chi connectivity index (χ4v) is 2.68. The van der Waals surface area contributed by atoms with Crippen molar-refractivity contribution >= 4 is 16.7 Å². The summed E-state index contributed by atoms with van der Waals surface area (Å²) in [6, 6.07) is 8.04. The molecule has 1 atom stereocenters. The normalized spacial score (nSPS) is 21.7. The summed E-state index contributed by atoms with van der Waals surface area (Å²) in [7, 11) is 0. The number of Topliss-reactive ketones (excluding diaryl/α,β-unsaturated/α-hetero) is 1. The van der Waals surface area contributed by atoms with E-state index in [1.807, 2.05) is 31.2 Å². The zero-order chi connectivity index (χ0) is 12.2. The van der Waals surface area contributed by atoms with E-state index in [4.69, 9.17) is 0 Å². The summed E-state index contributed by atoms with van der Waals surface area (Å²) in [5.41, 5.74) is 3.16. The second-order valence-corrected chi connectivity index (χ2v) is 5.78. The Morgan fingerprint density at radius 3 is 2.65 bits per heavy atom. The molecular formula is C15H17NO. The molecule has 2 heteroatoms. The number of hydrogen-bond donors (Lipinski definition) is 1. The number of carbonyl (C=O) groups excluding carboxylic acids is 1. The van der Waals surface area contributed by atoms with E-state index in [2.05, 4.69) is 18.8 Å². The summed E-state index contributed by atoms with van der Waals surface area (Å²) < 4.78 is 0. The standard InChI is InChI=1S/C15H17NO/c1-9-13(14(17)11-8-15(11,2)3)10-6-4-5-7-12(10)16-9/h4-7,11,16H,8H2,1-3H3. The molecule has 88 valence electrons. The predicted molar refractivity (Wildman–Crippen MR) is 69.3 cm³/mol. The van der Waals surface area contributed by atoms with Gasteiger partial charge in [0.15, 0.2) is 5.78 Å². The minimum absolute atomic E-state index is 0.196. The van der Waals surface area contributed by atoms with Crippen LogP contribution in [0.4, 0.5) is 0 Å². The third-order valence-corrected chi connectivity index (χ3v) is 3.97. The van der Waals surface area contributed by atoms with Crippen molar-refractivity contribution in [3.05, 3.63) is 35.5 Å². The van der Waals surface area contributed by atoms with Crippen LogP contribution in [0.2, 0.25) is 0 Å². The molecule has 2 aromatic rings. The van der Waals surface area contributed by atoms with Crippen LogP contribution >= 0.6 is 0 Å². The third-order valence-electron chi connectivity index (χ3n) is 3.97. The summed E-state index contributed by atoms with van der Waals surface area (Å²) in [6.07, 6.45) is 1.02. The van der Waals surface area contributed by atoms with E-state index in [-0.39, 0.29) is 11.3 Å². The summed E-state index contributed by atoms with van der Waals surface area (Å²) in [4.78, 5) is 15.8. The molecule has 2 nitrogen and oxygen atoms in total. The molecule has 1 aromatic carbocycles. The molecule has 1 unspecified atom stereocenters. The first kappa shape index (κ1) is 10.6. The summed E-state index contributed by atoms with van der Waals surface area (Å²) in [6.45, 7) is 6.32. The quantitative estimate of drug-likeness (QED) is 0.779. The molecule has 1 saturated carbocycles. The summed E-state index contributed by atoms with van der Waals surface area (Å²) >= 11 is 0. The Kier molecular flexibility index (Phi) is 2.00. The number of nitrogens with one attached hydrogen (secondary N) is 1. The van der Waals surface area contributed by atoms with Crippen molar-refractivity contribution in [3.8, 4) is 0 Å². The number of aromatic nitrogens is 1. The van der Waals surface area contributed by atoms with Gasteiger partial charge in [-0.05, 0) is 24.8 Å². The van der Waals surface area contributed by atoms with Gasteiger partial charge < -0.3 is 4.98 Å². The van der Waals surface area contributed by atoms with Crippen molar-refractivity contribution in [1.82, 2.24) is 4.98 Å². The van der Waals surface area contributed by atoms with Crippen molar-refractivity contribution in [2.45, 2.75) is 27.2 Å². The van der Waals surface area contributed by atoms with Crippen LogP contribution in [0.3, 0.4) is 0 Å². The summed E-state index contributed by atoms with van der Waals surface area (Å²) in [5, 5.41) is 1.07.